The average molecular weight is 339 g/mol. The Morgan fingerprint density at radius 1 is 1.28 bits per heavy atom. The number of likely N-dealkylation sites (tertiary alicyclic amines) is 1. The number of nitrogens with zero attached hydrogens (tertiary/aromatic N) is 4. The molecule has 1 aliphatic heterocycles. The highest BCUT2D eigenvalue weighted by Crippen LogP contribution is 2.32. The summed E-state index contributed by atoms with van der Waals surface area (Å²) in [7, 11) is 0. The number of nitrogens with two attached hydrogens (primary N) is 1. The van der Waals surface area contributed by atoms with Gasteiger partial charge < -0.3 is 10.6 Å². The number of amides is 2. The van der Waals surface area contributed by atoms with Crippen LogP contribution in [0.15, 0.2) is 30.6 Å². The fourth-order valence-electron chi connectivity index (χ4n) is 3.18. The van der Waals surface area contributed by atoms with Crippen molar-refractivity contribution in [1.82, 2.24) is 19.9 Å². The van der Waals surface area contributed by atoms with E-state index in [1.807, 2.05) is 17.9 Å². The van der Waals surface area contributed by atoms with Crippen LogP contribution < -0.4 is 5.73 Å². The fraction of sp³-hybridized carbons (Fsp3) is 0.389. The highest BCUT2D eigenvalue weighted by Gasteiger charge is 2.32. The van der Waals surface area contributed by atoms with Crippen molar-refractivity contribution in [1.29, 1.82) is 0 Å². The molecule has 7 nitrogen and oxygen atoms in total. The van der Waals surface area contributed by atoms with E-state index in [2.05, 4.69) is 15.0 Å². The van der Waals surface area contributed by atoms with Crippen molar-refractivity contribution in [2.75, 3.05) is 6.54 Å². The minimum atomic E-state index is -0.354. The van der Waals surface area contributed by atoms with Crippen LogP contribution in [0.4, 0.5) is 0 Å². The van der Waals surface area contributed by atoms with E-state index in [9.17, 15) is 9.59 Å². The van der Waals surface area contributed by atoms with Crippen molar-refractivity contribution in [3.63, 3.8) is 0 Å². The molecular formula is C18H21N5O2. The predicted molar refractivity (Wildman–Crippen MR) is 91.5 cm³/mol. The quantitative estimate of drug-likeness (QED) is 0.891. The summed E-state index contributed by atoms with van der Waals surface area (Å²) >= 11 is 0. The molecule has 1 fully saturated rings. The standard InChI is InChI=1S/C18H21N5O2/c1-12-21-14(4-5-17(19)24)11-15(22-12)16-3-2-10-23(16)18(25)13-6-8-20-9-7-13/h6-9,11,16H,2-5,10H2,1H3,(H2,19,24)/t16-/m0/s1. The number of aromatic nitrogens is 3. The Morgan fingerprint density at radius 2 is 2.04 bits per heavy atom. The molecule has 2 amide bonds. The van der Waals surface area contributed by atoms with E-state index in [0.29, 0.717) is 24.4 Å². The Morgan fingerprint density at radius 3 is 2.76 bits per heavy atom. The van der Waals surface area contributed by atoms with Crippen molar-refractivity contribution in [3.8, 4) is 0 Å². The summed E-state index contributed by atoms with van der Waals surface area (Å²) in [6.07, 6.45) is 5.77. The number of aryl methyl sites for hydroxylation is 2. The van der Waals surface area contributed by atoms with Crippen molar-refractivity contribution >= 4 is 11.8 Å². The van der Waals surface area contributed by atoms with E-state index in [1.165, 1.54) is 0 Å². The zero-order valence-corrected chi connectivity index (χ0v) is 14.2. The molecule has 0 saturated carbocycles. The number of carbonyl (C=O) groups is 2. The maximum atomic E-state index is 12.8. The van der Waals surface area contributed by atoms with Crippen LogP contribution in [0.3, 0.4) is 0 Å². The third kappa shape index (κ3) is 3.99. The monoisotopic (exact) mass is 339 g/mol. The van der Waals surface area contributed by atoms with E-state index in [-0.39, 0.29) is 24.3 Å². The van der Waals surface area contributed by atoms with Crippen molar-refractivity contribution in [2.45, 2.75) is 38.6 Å². The molecule has 2 aromatic rings. The Kier molecular flexibility index (Phi) is 5.02. The second kappa shape index (κ2) is 7.38. The summed E-state index contributed by atoms with van der Waals surface area (Å²) in [4.78, 5) is 38.6. The van der Waals surface area contributed by atoms with E-state index < -0.39 is 0 Å². The van der Waals surface area contributed by atoms with Crippen LogP contribution in [0.2, 0.25) is 0 Å². The first-order valence-electron chi connectivity index (χ1n) is 8.38. The van der Waals surface area contributed by atoms with E-state index in [0.717, 1.165) is 24.2 Å². The van der Waals surface area contributed by atoms with E-state index in [4.69, 9.17) is 5.73 Å². The summed E-state index contributed by atoms with van der Waals surface area (Å²) in [6.45, 7) is 2.52. The van der Waals surface area contributed by atoms with Gasteiger partial charge in [-0.15, -0.1) is 0 Å². The van der Waals surface area contributed by atoms with Gasteiger partial charge >= 0.3 is 0 Å². The summed E-state index contributed by atoms with van der Waals surface area (Å²) < 4.78 is 0. The summed E-state index contributed by atoms with van der Waals surface area (Å²) in [5.41, 5.74) is 7.46. The van der Waals surface area contributed by atoms with Crippen LogP contribution in [0.1, 0.15) is 52.9 Å². The molecular weight excluding hydrogens is 318 g/mol. The number of hydrogen-bond donors (Lipinski definition) is 1. The Bertz CT molecular complexity index is 778. The largest absolute Gasteiger partial charge is 0.370 e. The normalized spacial score (nSPS) is 16.8. The first-order chi connectivity index (χ1) is 12.0. The first-order valence-corrected chi connectivity index (χ1v) is 8.38. The molecule has 0 radical (unpaired) electrons. The van der Waals surface area contributed by atoms with Crippen LogP contribution in [0.5, 0.6) is 0 Å². The molecule has 0 aliphatic carbocycles. The number of pyridine rings is 1. The van der Waals surface area contributed by atoms with Gasteiger partial charge in [-0.05, 0) is 44.4 Å². The van der Waals surface area contributed by atoms with Crippen molar-refractivity contribution < 1.29 is 9.59 Å². The number of carbonyl (C=O) groups excluding carboxylic acids is 2. The van der Waals surface area contributed by atoms with Gasteiger partial charge in [0.25, 0.3) is 5.91 Å². The molecule has 130 valence electrons. The van der Waals surface area contributed by atoms with Crippen molar-refractivity contribution in [2.24, 2.45) is 5.73 Å². The molecule has 0 bridgehead atoms. The highest BCUT2D eigenvalue weighted by molar-refractivity contribution is 5.94. The second-order valence-corrected chi connectivity index (χ2v) is 6.19. The SMILES string of the molecule is Cc1nc(CCC(N)=O)cc([C@@H]2CCCN2C(=O)c2ccncc2)n1. The van der Waals surface area contributed by atoms with Crippen LogP contribution in [0, 0.1) is 6.92 Å². The zero-order chi connectivity index (χ0) is 17.8. The minimum absolute atomic E-state index is 0.0140. The van der Waals surface area contributed by atoms with Crippen LogP contribution in [-0.2, 0) is 11.2 Å². The molecule has 25 heavy (non-hydrogen) atoms. The van der Waals surface area contributed by atoms with E-state index >= 15 is 0 Å². The molecule has 3 heterocycles. The lowest BCUT2D eigenvalue weighted by Gasteiger charge is -2.25. The molecule has 2 aromatic heterocycles. The van der Waals surface area contributed by atoms with Crippen molar-refractivity contribution in [3.05, 3.63) is 53.4 Å². The van der Waals surface area contributed by atoms with Gasteiger partial charge in [0, 0.05) is 36.6 Å². The Balaban J connectivity index is 1.84. The Labute approximate surface area is 146 Å². The molecule has 0 aromatic carbocycles. The van der Waals surface area contributed by atoms with Gasteiger partial charge in [-0.1, -0.05) is 0 Å². The first kappa shape index (κ1) is 17.0. The second-order valence-electron chi connectivity index (χ2n) is 6.19. The zero-order valence-electron chi connectivity index (χ0n) is 14.2. The molecule has 2 N–H and O–H groups in total. The number of rotatable bonds is 5. The lowest BCUT2D eigenvalue weighted by molar-refractivity contribution is -0.118. The average Bonchev–Trinajstić information content (AvgIpc) is 3.09. The van der Waals surface area contributed by atoms with Gasteiger partial charge in [0.1, 0.15) is 5.82 Å². The predicted octanol–water partition coefficient (Wildman–Crippen LogP) is 1.58. The summed E-state index contributed by atoms with van der Waals surface area (Å²) in [5.74, 6) is 0.271. The number of hydrogen-bond acceptors (Lipinski definition) is 5. The molecule has 3 rings (SSSR count). The van der Waals surface area contributed by atoms with Crippen LogP contribution in [0.25, 0.3) is 0 Å². The number of primary amides is 1. The van der Waals surface area contributed by atoms with Gasteiger partial charge in [0.15, 0.2) is 0 Å². The van der Waals surface area contributed by atoms with Gasteiger partial charge in [-0.2, -0.15) is 0 Å². The van der Waals surface area contributed by atoms with E-state index in [1.54, 1.807) is 24.5 Å². The van der Waals surface area contributed by atoms with Gasteiger partial charge in [0.05, 0.1) is 11.7 Å². The van der Waals surface area contributed by atoms with Gasteiger partial charge in [0.2, 0.25) is 5.91 Å². The molecule has 1 atom stereocenters. The highest BCUT2D eigenvalue weighted by atomic mass is 16.2. The maximum absolute atomic E-state index is 12.8. The molecule has 7 heteroatoms. The van der Waals surface area contributed by atoms with Crippen LogP contribution >= 0.6 is 0 Å². The molecule has 0 spiro atoms. The maximum Gasteiger partial charge on any atom is 0.254 e. The lowest BCUT2D eigenvalue weighted by atomic mass is 10.1. The third-order valence-electron chi connectivity index (χ3n) is 4.32. The smallest absolute Gasteiger partial charge is 0.254 e. The van der Waals surface area contributed by atoms with Crippen LogP contribution in [-0.4, -0.2) is 38.2 Å². The topological polar surface area (TPSA) is 102 Å². The third-order valence-corrected chi connectivity index (χ3v) is 4.32. The summed E-state index contributed by atoms with van der Waals surface area (Å²) in [5, 5.41) is 0. The fourth-order valence-corrected chi connectivity index (χ4v) is 3.18. The molecule has 0 unspecified atom stereocenters. The van der Waals surface area contributed by atoms with Gasteiger partial charge in [-0.3, -0.25) is 14.6 Å². The molecule has 1 aliphatic rings. The summed E-state index contributed by atoms with van der Waals surface area (Å²) in [6, 6.07) is 5.26. The Hall–Kier alpha value is -2.83. The van der Waals surface area contributed by atoms with Gasteiger partial charge in [-0.25, -0.2) is 9.97 Å². The lowest BCUT2D eigenvalue weighted by Crippen LogP contribution is -2.31. The minimum Gasteiger partial charge on any atom is -0.370 e. The molecule has 1 saturated heterocycles.